The van der Waals surface area contributed by atoms with E-state index in [9.17, 15) is 10.1 Å². The fourth-order valence-electron chi connectivity index (χ4n) is 2.22. The van der Waals surface area contributed by atoms with Gasteiger partial charge >= 0.3 is 0 Å². The number of aryl methyl sites for hydroxylation is 2. The highest BCUT2D eigenvalue weighted by molar-refractivity contribution is 5.53. The third-order valence-corrected chi connectivity index (χ3v) is 3.33. The number of nitrogens with one attached hydrogen (secondary N) is 1. The lowest BCUT2D eigenvalue weighted by Crippen LogP contribution is -2.04. The zero-order chi connectivity index (χ0) is 15.4. The second-order valence-corrected chi connectivity index (χ2v) is 4.93. The lowest BCUT2D eigenvalue weighted by atomic mass is 10.1. The van der Waals surface area contributed by atoms with Gasteiger partial charge in [0.15, 0.2) is 0 Å². The molecule has 0 bridgehead atoms. The van der Waals surface area contributed by atoms with Gasteiger partial charge in [-0.2, -0.15) is 0 Å². The van der Waals surface area contributed by atoms with Gasteiger partial charge in [-0.05, 0) is 31.5 Å². The normalized spacial score (nSPS) is 10.2. The summed E-state index contributed by atoms with van der Waals surface area (Å²) in [6, 6.07) is 10.7. The Kier molecular flexibility index (Phi) is 4.42. The minimum atomic E-state index is -0.403. The third kappa shape index (κ3) is 3.51. The summed E-state index contributed by atoms with van der Waals surface area (Å²) >= 11 is 0. The van der Waals surface area contributed by atoms with E-state index in [-0.39, 0.29) is 5.69 Å². The van der Waals surface area contributed by atoms with Crippen LogP contribution in [0.25, 0.3) is 0 Å². The molecule has 2 rings (SSSR count). The van der Waals surface area contributed by atoms with E-state index in [0.29, 0.717) is 12.3 Å². The molecule has 0 radical (unpaired) electrons. The lowest BCUT2D eigenvalue weighted by molar-refractivity contribution is -0.384. The van der Waals surface area contributed by atoms with Crippen LogP contribution in [-0.4, -0.2) is 12.0 Å². The Morgan fingerprint density at radius 3 is 2.57 bits per heavy atom. The van der Waals surface area contributed by atoms with E-state index in [1.165, 1.54) is 17.7 Å². The first kappa shape index (κ1) is 14.8. The highest BCUT2D eigenvalue weighted by Gasteiger charge is 2.11. The SMILES string of the molecule is COc1ccc([N+](=O)[O-])cc1CNc1ccc(C)cc1C. The lowest BCUT2D eigenvalue weighted by Gasteiger charge is -2.12. The number of methoxy groups -OCH3 is 1. The quantitative estimate of drug-likeness (QED) is 0.670. The van der Waals surface area contributed by atoms with E-state index in [4.69, 9.17) is 4.74 Å². The molecule has 0 unspecified atom stereocenters. The molecule has 110 valence electrons. The second-order valence-electron chi connectivity index (χ2n) is 4.93. The fraction of sp³-hybridized carbons (Fsp3) is 0.250. The number of anilines is 1. The summed E-state index contributed by atoms with van der Waals surface area (Å²) in [5, 5.41) is 14.2. The molecule has 0 spiro atoms. The summed E-state index contributed by atoms with van der Waals surface area (Å²) < 4.78 is 5.26. The van der Waals surface area contributed by atoms with Crippen LogP contribution in [0.1, 0.15) is 16.7 Å². The second kappa shape index (κ2) is 6.26. The van der Waals surface area contributed by atoms with Crippen LogP contribution in [0.5, 0.6) is 5.75 Å². The van der Waals surface area contributed by atoms with Crippen LogP contribution in [0.2, 0.25) is 0 Å². The molecule has 0 fully saturated rings. The van der Waals surface area contributed by atoms with Crippen molar-refractivity contribution in [2.45, 2.75) is 20.4 Å². The zero-order valence-corrected chi connectivity index (χ0v) is 12.3. The number of nitro groups is 1. The van der Waals surface area contributed by atoms with Crippen molar-refractivity contribution in [2.75, 3.05) is 12.4 Å². The number of hydrogen-bond acceptors (Lipinski definition) is 4. The van der Waals surface area contributed by atoms with Crippen LogP contribution in [-0.2, 0) is 6.54 Å². The van der Waals surface area contributed by atoms with Crippen molar-refractivity contribution in [3.63, 3.8) is 0 Å². The third-order valence-electron chi connectivity index (χ3n) is 3.33. The molecule has 0 saturated heterocycles. The van der Waals surface area contributed by atoms with Crippen molar-refractivity contribution in [3.05, 3.63) is 63.2 Å². The van der Waals surface area contributed by atoms with Crippen LogP contribution in [0.4, 0.5) is 11.4 Å². The zero-order valence-electron chi connectivity index (χ0n) is 12.3. The average Bonchev–Trinajstić information content (AvgIpc) is 2.46. The van der Waals surface area contributed by atoms with Crippen LogP contribution in [0.3, 0.4) is 0 Å². The van der Waals surface area contributed by atoms with Crippen LogP contribution in [0.15, 0.2) is 36.4 Å². The maximum atomic E-state index is 10.9. The Balaban J connectivity index is 2.22. The van der Waals surface area contributed by atoms with E-state index in [0.717, 1.165) is 16.8 Å². The molecule has 0 aliphatic heterocycles. The van der Waals surface area contributed by atoms with Gasteiger partial charge < -0.3 is 10.1 Å². The average molecular weight is 286 g/mol. The molecule has 0 atom stereocenters. The molecule has 1 N–H and O–H groups in total. The Morgan fingerprint density at radius 2 is 1.95 bits per heavy atom. The first-order valence-electron chi connectivity index (χ1n) is 6.63. The molecule has 0 heterocycles. The van der Waals surface area contributed by atoms with Crippen molar-refractivity contribution in [1.82, 2.24) is 0 Å². The van der Waals surface area contributed by atoms with E-state index >= 15 is 0 Å². The van der Waals surface area contributed by atoms with Gasteiger partial charge in [-0.15, -0.1) is 0 Å². The van der Waals surface area contributed by atoms with Crippen LogP contribution >= 0.6 is 0 Å². The van der Waals surface area contributed by atoms with Gasteiger partial charge in [0.25, 0.3) is 5.69 Å². The van der Waals surface area contributed by atoms with Crippen molar-refractivity contribution in [3.8, 4) is 5.75 Å². The molecule has 2 aromatic rings. The van der Waals surface area contributed by atoms with Crippen LogP contribution in [0, 0.1) is 24.0 Å². The van der Waals surface area contributed by atoms with Crippen molar-refractivity contribution >= 4 is 11.4 Å². The molecule has 5 heteroatoms. The number of nitrogens with zero attached hydrogens (tertiary/aromatic N) is 1. The predicted octanol–water partition coefficient (Wildman–Crippen LogP) is 3.83. The van der Waals surface area contributed by atoms with Gasteiger partial charge in [-0.25, -0.2) is 0 Å². The molecule has 21 heavy (non-hydrogen) atoms. The van der Waals surface area contributed by atoms with E-state index in [1.807, 2.05) is 26.0 Å². The van der Waals surface area contributed by atoms with Crippen molar-refractivity contribution < 1.29 is 9.66 Å². The first-order chi connectivity index (χ1) is 10.0. The number of non-ortho nitro benzene ring substituents is 1. The van der Waals surface area contributed by atoms with E-state index in [1.54, 1.807) is 13.2 Å². The van der Waals surface area contributed by atoms with Crippen molar-refractivity contribution in [1.29, 1.82) is 0 Å². The van der Waals surface area contributed by atoms with Gasteiger partial charge in [0.05, 0.1) is 12.0 Å². The maximum absolute atomic E-state index is 10.9. The highest BCUT2D eigenvalue weighted by atomic mass is 16.6. The molecular formula is C16H18N2O3. The molecule has 2 aromatic carbocycles. The highest BCUT2D eigenvalue weighted by Crippen LogP contribution is 2.25. The van der Waals surface area contributed by atoms with Gasteiger partial charge in [-0.1, -0.05) is 17.7 Å². The first-order valence-corrected chi connectivity index (χ1v) is 6.63. The summed E-state index contributed by atoms with van der Waals surface area (Å²) in [7, 11) is 1.56. The largest absolute Gasteiger partial charge is 0.496 e. The monoisotopic (exact) mass is 286 g/mol. The molecule has 0 saturated carbocycles. The minimum absolute atomic E-state index is 0.0632. The molecule has 0 aliphatic carbocycles. The Bertz CT molecular complexity index is 669. The Morgan fingerprint density at radius 1 is 1.19 bits per heavy atom. The fourth-order valence-corrected chi connectivity index (χ4v) is 2.22. The summed E-state index contributed by atoms with van der Waals surface area (Å²) in [6.07, 6.45) is 0. The number of hydrogen-bond donors (Lipinski definition) is 1. The molecule has 5 nitrogen and oxygen atoms in total. The van der Waals surface area contributed by atoms with Crippen molar-refractivity contribution in [2.24, 2.45) is 0 Å². The maximum Gasteiger partial charge on any atom is 0.270 e. The number of rotatable bonds is 5. The number of ether oxygens (including phenoxy) is 1. The summed E-state index contributed by atoms with van der Waals surface area (Å²) in [4.78, 5) is 10.5. The standard InChI is InChI=1S/C16H18N2O3/c1-11-4-6-15(12(2)8-11)17-10-13-9-14(18(19)20)5-7-16(13)21-3/h4-9,17H,10H2,1-3H3. The van der Waals surface area contributed by atoms with Gasteiger partial charge in [0.1, 0.15) is 5.75 Å². The smallest absolute Gasteiger partial charge is 0.270 e. The van der Waals surface area contributed by atoms with Gasteiger partial charge in [0, 0.05) is 29.9 Å². The van der Waals surface area contributed by atoms with Gasteiger partial charge in [-0.3, -0.25) is 10.1 Å². The molecular weight excluding hydrogens is 268 g/mol. The van der Waals surface area contributed by atoms with Crippen LogP contribution < -0.4 is 10.1 Å². The van der Waals surface area contributed by atoms with E-state index < -0.39 is 4.92 Å². The topological polar surface area (TPSA) is 64.4 Å². The summed E-state index contributed by atoms with van der Waals surface area (Å²) in [6.45, 7) is 4.54. The molecule has 0 aromatic heterocycles. The molecule has 0 amide bonds. The van der Waals surface area contributed by atoms with E-state index in [2.05, 4.69) is 11.4 Å². The predicted molar refractivity (Wildman–Crippen MR) is 82.9 cm³/mol. The number of benzene rings is 2. The molecule has 0 aliphatic rings. The Hall–Kier alpha value is -2.56. The number of nitro benzene ring substituents is 1. The summed E-state index contributed by atoms with van der Waals surface area (Å²) in [5.74, 6) is 0.637. The minimum Gasteiger partial charge on any atom is -0.496 e. The Labute approximate surface area is 123 Å². The summed E-state index contributed by atoms with van der Waals surface area (Å²) in [5.41, 5.74) is 4.17. The van der Waals surface area contributed by atoms with Gasteiger partial charge in [0.2, 0.25) is 0 Å².